The molecule has 0 unspecified atom stereocenters. The van der Waals surface area contributed by atoms with E-state index in [1.807, 2.05) is 0 Å². The van der Waals surface area contributed by atoms with E-state index in [1.54, 1.807) is 6.07 Å². The van der Waals surface area contributed by atoms with Gasteiger partial charge < -0.3 is 9.84 Å². The van der Waals surface area contributed by atoms with Crippen LogP contribution in [0.2, 0.25) is 0 Å². The van der Waals surface area contributed by atoms with Crippen molar-refractivity contribution in [3.05, 3.63) is 40.3 Å². The molecule has 4 saturated carbocycles. The Balaban J connectivity index is 1.34. The van der Waals surface area contributed by atoms with E-state index in [0.29, 0.717) is 5.56 Å². The molecule has 2 N–H and O–H groups in total. The summed E-state index contributed by atoms with van der Waals surface area (Å²) in [5.74, 6) is 1.67. The van der Waals surface area contributed by atoms with Gasteiger partial charge in [0, 0.05) is 11.6 Å². The van der Waals surface area contributed by atoms with Crippen molar-refractivity contribution < 1.29 is 19.4 Å². The van der Waals surface area contributed by atoms with Gasteiger partial charge in [0.25, 0.3) is 5.91 Å². The lowest BCUT2D eigenvalue weighted by atomic mass is 9.48. The van der Waals surface area contributed by atoms with E-state index >= 15 is 0 Å². The van der Waals surface area contributed by atoms with Crippen molar-refractivity contribution in [2.75, 3.05) is 7.11 Å². The highest BCUT2D eigenvalue weighted by Crippen LogP contribution is 2.60. The van der Waals surface area contributed by atoms with E-state index in [-0.39, 0.29) is 21.2 Å². The second-order valence-corrected chi connectivity index (χ2v) is 10.2. The van der Waals surface area contributed by atoms with Crippen LogP contribution in [0, 0.1) is 17.8 Å². The first-order chi connectivity index (χ1) is 14.9. The Kier molecular flexibility index (Phi) is 5.12. The van der Waals surface area contributed by atoms with Crippen molar-refractivity contribution in [2.24, 2.45) is 28.0 Å². The third-order valence-corrected chi connectivity index (χ3v) is 8.02. The van der Waals surface area contributed by atoms with Crippen molar-refractivity contribution in [3.63, 3.8) is 0 Å². The minimum Gasteiger partial charge on any atom is -0.507 e. The zero-order valence-electron chi connectivity index (χ0n) is 17.3. The Morgan fingerprint density at radius 3 is 2.55 bits per heavy atom. The third-order valence-electron chi connectivity index (χ3n) is 7.12. The van der Waals surface area contributed by atoms with Gasteiger partial charge in [0.05, 0.1) is 18.2 Å². The highest BCUT2D eigenvalue weighted by Gasteiger charge is 2.51. The number of nitrogens with zero attached hydrogens (tertiary/aromatic N) is 2. The number of hydrogen-bond donors (Lipinski definition) is 2. The number of rotatable bonds is 4. The normalized spacial score (nSPS) is 34.1. The maximum atomic E-state index is 11.9. The Labute approximate surface area is 185 Å². The first-order valence-electron chi connectivity index (χ1n) is 10.7. The van der Waals surface area contributed by atoms with E-state index < -0.39 is 11.9 Å². The number of carbonyl (C=O) groups excluding carboxylic acids is 2. The van der Waals surface area contributed by atoms with Crippen LogP contribution >= 0.6 is 11.8 Å². The second-order valence-electron chi connectivity index (χ2n) is 9.21. The lowest BCUT2D eigenvalue weighted by Crippen LogP contribution is -2.48. The minimum absolute atomic E-state index is 0.159. The van der Waals surface area contributed by atoms with Crippen LogP contribution in [-0.4, -0.2) is 35.5 Å². The maximum absolute atomic E-state index is 11.9. The molecule has 0 radical (unpaired) electrons. The molecule has 162 valence electrons. The molecule has 7 nitrogen and oxygen atoms in total. The highest BCUT2D eigenvalue weighted by atomic mass is 32.2. The smallest absolute Gasteiger partial charge is 0.331 e. The number of ether oxygens (including phenoxy) is 1. The number of amidine groups is 1. The Morgan fingerprint density at radius 1 is 1.23 bits per heavy atom. The van der Waals surface area contributed by atoms with E-state index in [9.17, 15) is 14.7 Å². The van der Waals surface area contributed by atoms with Crippen LogP contribution in [-0.2, 0) is 19.7 Å². The van der Waals surface area contributed by atoms with Crippen LogP contribution in [0.4, 0.5) is 0 Å². The molecule has 1 amide bonds. The van der Waals surface area contributed by atoms with Gasteiger partial charge in [0.15, 0.2) is 5.17 Å². The summed E-state index contributed by atoms with van der Waals surface area (Å²) in [4.78, 5) is 23.4. The molecular formula is C23H25N3O4S. The molecule has 1 heterocycles. The molecule has 4 aliphatic carbocycles. The van der Waals surface area contributed by atoms with Gasteiger partial charge in [0.1, 0.15) is 5.75 Å². The number of benzene rings is 1. The quantitative estimate of drug-likeness (QED) is 0.324. The first-order valence-corrected chi connectivity index (χ1v) is 11.5. The number of phenols is 1. The van der Waals surface area contributed by atoms with Crippen molar-refractivity contribution in [1.29, 1.82) is 0 Å². The van der Waals surface area contributed by atoms with E-state index in [2.05, 4.69) is 32.4 Å². The van der Waals surface area contributed by atoms with Crippen LogP contribution in [0.25, 0.3) is 0 Å². The number of carbonyl (C=O) groups is 2. The van der Waals surface area contributed by atoms with E-state index in [4.69, 9.17) is 0 Å². The van der Waals surface area contributed by atoms with Gasteiger partial charge in [-0.15, -0.1) is 5.10 Å². The molecule has 8 heteroatoms. The molecule has 1 aromatic carbocycles. The van der Waals surface area contributed by atoms with Crippen LogP contribution in [0.3, 0.4) is 0 Å². The average molecular weight is 440 g/mol. The van der Waals surface area contributed by atoms with Crippen molar-refractivity contribution >= 4 is 35.0 Å². The number of esters is 1. The summed E-state index contributed by atoms with van der Waals surface area (Å²) in [5, 5.41) is 21.3. The summed E-state index contributed by atoms with van der Waals surface area (Å²) in [7, 11) is 1.25. The molecule has 6 rings (SSSR count). The Bertz CT molecular complexity index is 994. The molecule has 0 atom stereocenters. The molecule has 31 heavy (non-hydrogen) atoms. The number of thioether (sulfide) groups is 1. The SMILES string of the molecule is COC(=O)/C=C1/S/C(=N\N=Cc2cc(C34CC5CC(CC(C5)C3)C4)ccc2O)NC1=O. The summed E-state index contributed by atoms with van der Waals surface area (Å²) < 4.78 is 4.54. The second kappa shape index (κ2) is 7.82. The van der Waals surface area contributed by atoms with Crippen LogP contribution in [0.15, 0.2) is 39.4 Å². The summed E-state index contributed by atoms with van der Waals surface area (Å²) in [6, 6.07) is 5.88. The van der Waals surface area contributed by atoms with Crippen LogP contribution < -0.4 is 5.32 Å². The fourth-order valence-corrected chi connectivity index (χ4v) is 6.98. The van der Waals surface area contributed by atoms with Gasteiger partial charge in [-0.05, 0) is 91.2 Å². The molecule has 1 saturated heterocycles. The zero-order chi connectivity index (χ0) is 21.6. The van der Waals surface area contributed by atoms with Crippen molar-refractivity contribution in [1.82, 2.24) is 5.32 Å². The molecular weight excluding hydrogens is 414 g/mol. The largest absolute Gasteiger partial charge is 0.507 e. The molecule has 1 aliphatic heterocycles. The number of amides is 1. The topological polar surface area (TPSA) is 100 Å². The number of phenolic OH excluding ortho intramolecular Hbond substituents is 1. The lowest BCUT2D eigenvalue weighted by molar-refractivity contribution is -0.135. The number of aromatic hydroxyl groups is 1. The number of methoxy groups -OCH3 is 1. The monoisotopic (exact) mass is 439 g/mol. The fraction of sp³-hybridized carbons (Fsp3) is 0.478. The third kappa shape index (κ3) is 3.89. The van der Waals surface area contributed by atoms with Gasteiger partial charge in [-0.1, -0.05) is 6.07 Å². The molecule has 5 fully saturated rings. The number of nitrogens with one attached hydrogen (secondary N) is 1. The minimum atomic E-state index is -0.603. The molecule has 0 spiro atoms. The molecule has 4 bridgehead atoms. The Hall–Kier alpha value is -2.61. The summed E-state index contributed by atoms with van der Waals surface area (Å²) in [5.41, 5.74) is 2.15. The standard InChI is InChI=1S/C23H25N3O4S/c1-30-20(28)8-19-21(29)25-22(31-19)26-24-12-16-7-17(2-3-18(16)27)23-9-13-4-14(10-23)6-15(5-13)11-23/h2-3,7-8,12-15,27H,4-6,9-11H2,1H3,(H,25,26,29)/b19-8+,24-12?. The van der Waals surface area contributed by atoms with E-state index in [0.717, 1.165) is 35.6 Å². The lowest BCUT2D eigenvalue weighted by Gasteiger charge is -2.57. The van der Waals surface area contributed by atoms with Crippen molar-refractivity contribution in [3.8, 4) is 5.75 Å². The van der Waals surface area contributed by atoms with Gasteiger partial charge in [-0.25, -0.2) is 4.79 Å². The maximum Gasteiger partial charge on any atom is 0.331 e. The van der Waals surface area contributed by atoms with Gasteiger partial charge in [-0.3, -0.25) is 10.1 Å². The van der Waals surface area contributed by atoms with E-state index in [1.165, 1.54) is 57.4 Å². The first kappa shape index (κ1) is 20.3. The van der Waals surface area contributed by atoms with Gasteiger partial charge in [-0.2, -0.15) is 5.10 Å². The summed E-state index contributed by atoms with van der Waals surface area (Å²) in [6.45, 7) is 0. The summed E-state index contributed by atoms with van der Waals surface area (Å²) >= 11 is 1.02. The van der Waals surface area contributed by atoms with Crippen LogP contribution in [0.5, 0.6) is 5.75 Å². The molecule has 5 aliphatic rings. The fourth-order valence-electron chi connectivity index (χ4n) is 6.24. The summed E-state index contributed by atoms with van der Waals surface area (Å²) in [6.07, 6.45) is 10.5. The number of hydrogen-bond acceptors (Lipinski definition) is 7. The predicted octanol–water partition coefficient (Wildman–Crippen LogP) is 3.47. The van der Waals surface area contributed by atoms with Gasteiger partial charge in [0.2, 0.25) is 0 Å². The zero-order valence-corrected chi connectivity index (χ0v) is 18.2. The molecule has 1 aromatic rings. The van der Waals surface area contributed by atoms with Crippen LogP contribution in [0.1, 0.15) is 49.7 Å². The van der Waals surface area contributed by atoms with Gasteiger partial charge >= 0.3 is 5.97 Å². The highest BCUT2D eigenvalue weighted by molar-refractivity contribution is 8.18. The molecule has 0 aromatic heterocycles. The Morgan fingerprint density at radius 2 is 1.90 bits per heavy atom. The predicted molar refractivity (Wildman–Crippen MR) is 119 cm³/mol. The average Bonchev–Trinajstić information content (AvgIpc) is 3.07. The van der Waals surface area contributed by atoms with Crippen molar-refractivity contribution in [2.45, 2.75) is 43.9 Å².